The summed E-state index contributed by atoms with van der Waals surface area (Å²) in [6.07, 6.45) is 0. The van der Waals surface area contributed by atoms with Gasteiger partial charge in [-0.1, -0.05) is 48.5 Å². The van der Waals surface area contributed by atoms with Crippen molar-refractivity contribution in [1.82, 2.24) is 0 Å². The van der Waals surface area contributed by atoms with Crippen molar-refractivity contribution >= 4 is 38.3 Å². The fraction of sp³-hybridized carbons (Fsp3) is 0.105. The number of esters is 1. The first-order chi connectivity index (χ1) is 10.8. The predicted molar refractivity (Wildman–Crippen MR) is 87.5 cm³/mol. The molecule has 0 saturated carbocycles. The lowest BCUT2D eigenvalue weighted by Crippen LogP contribution is -2.09. The highest BCUT2D eigenvalue weighted by Gasteiger charge is 2.15. The molecule has 0 atom stereocenters. The standard InChI is InChI=1S/C19H14O3/c20-10-11-22-19(21)16-9-7-14-5-4-12-2-1-3-13-6-8-15(16)18(14)17(12)13/h1-9,20H,10-11H2. The second-order valence-electron chi connectivity index (χ2n) is 5.33. The number of aliphatic hydroxyl groups is 1. The Bertz CT molecular complexity index is 972. The maximum Gasteiger partial charge on any atom is 0.338 e. The number of carbonyl (C=O) groups excluding carboxylic acids is 1. The molecule has 0 aliphatic rings. The average molecular weight is 290 g/mol. The van der Waals surface area contributed by atoms with Crippen molar-refractivity contribution in [2.24, 2.45) is 0 Å². The number of aliphatic hydroxyl groups excluding tert-OH is 1. The highest BCUT2D eigenvalue weighted by molar-refractivity contribution is 6.25. The van der Waals surface area contributed by atoms with Gasteiger partial charge in [0.1, 0.15) is 6.61 Å². The second kappa shape index (κ2) is 4.97. The molecule has 3 heteroatoms. The zero-order valence-corrected chi connectivity index (χ0v) is 11.9. The van der Waals surface area contributed by atoms with Crippen LogP contribution in [0.25, 0.3) is 32.3 Å². The summed E-state index contributed by atoms with van der Waals surface area (Å²) < 4.78 is 5.08. The Kier molecular flexibility index (Phi) is 2.94. The van der Waals surface area contributed by atoms with Crippen molar-refractivity contribution in [3.8, 4) is 0 Å². The molecule has 0 bridgehead atoms. The zero-order valence-electron chi connectivity index (χ0n) is 11.9. The van der Waals surface area contributed by atoms with E-state index in [-0.39, 0.29) is 13.2 Å². The quantitative estimate of drug-likeness (QED) is 0.462. The Balaban J connectivity index is 2.06. The van der Waals surface area contributed by atoms with Crippen LogP contribution in [0.4, 0.5) is 0 Å². The third-order valence-corrected chi connectivity index (χ3v) is 4.07. The summed E-state index contributed by atoms with van der Waals surface area (Å²) in [7, 11) is 0. The zero-order chi connectivity index (χ0) is 15.1. The van der Waals surface area contributed by atoms with Gasteiger partial charge in [0.2, 0.25) is 0 Å². The van der Waals surface area contributed by atoms with Crippen LogP contribution >= 0.6 is 0 Å². The van der Waals surface area contributed by atoms with E-state index in [9.17, 15) is 4.79 Å². The first-order valence-electron chi connectivity index (χ1n) is 7.24. The van der Waals surface area contributed by atoms with Crippen molar-refractivity contribution in [3.05, 3.63) is 60.2 Å². The van der Waals surface area contributed by atoms with E-state index in [1.54, 1.807) is 6.07 Å². The van der Waals surface area contributed by atoms with Crippen LogP contribution in [0.15, 0.2) is 54.6 Å². The topological polar surface area (TPSA) is 46.5 Å². The third kappa shape index (κ3) is 1.83. The van der Waals surface area contributed by atoms with Crippen LogP contribution in [0.2, 0.25) is 0 Å². The summed E-state index contributed by atoms with van der Waals surface area (Å²) in [6.45, 7) is -0.154. The minimum atomic E-state index is -0.396. The van der Waals surface area contributed by atoms with Crippen molar-refractivity contribution in [3.63, 3.8) is 0 Å². The Hall–Kier alpha value is -2.65. The van der Waals surface area contributed by atoms with Crippen LogP contribution in [-0.2, 0) is 4.74 Å². The molecule has 4 rings (SSSR count). The molecule has 0 radical (unpaired) electrons. The molecule has 0 spiro atoms. The molecule has 0 aliphatic carbocycles. The van der Waals surface area contributed by atoms with Gasteiger partial charge in [0.05, 0.1) is 12.2 Å². The van der Waals surface area contributed by atoms with E-state index in [0.717, 1.165) is 26.9 Å². The van der Waals surface area contributed by atoms with Crippen LogP contribution in [0.3, 0.4) is 0 Å². The number of ether oxygens (including phenoxy) is 1. The molecule has 4 aromatic carbocycles. The maximum atomic E-state index is 12.2. The van der Waals surface area contributed by atoms with Gasteiger partial charge in [0.25, 0.3) is 0 Å². The van der Waals surface area contributed by atoms with E-state index in [2.05, 4.69) is 24.3 Å². The van der Waals surface area contributed by atoms with Crippen molar-refractivity contribution in [1.29, 1.82) is 0 Å². The summed E-state index contributed by atoms with van der Waals surface area (Å²) in [4.78, 5) is 12.2. The Morgan fingerprint density at radius 1 is 0.864 bits per heavy atom. The van der Waals surface area contributed by atoms with Crippen molar-refractivity contribution in [2.45, 2.75) is 0 Å². The van der Waals surface area contributed by atoms with Crippen LogP contribution in [0, 0.1) is 0 Å². The van der Waals surface area contributed by atoms with Gasteiger partial charge in [0.15, 0.2) is 0 Å². The molecular formula is C19H14O3. The Morgan fingerprint density at radius 3 is 2.23 bits per heavy atom. The van der Waals surface area contributed by atoms with Crippen molar-refractivity contribution < 1.29 is 14.6 Å². The SMILES string of the molecule is O=C(OCCO)c1ccc2ccc3cccc4ccc1c2c34. The third-order valence-electron chi connectivity index (χ3n) is 4.07. The molecule has 0 fully saturated rings. The fourth-order valence-corrected chi connectivity index (χ4v) is 3.13. The molecule has 0 saturated heterocycles. The lowest BCUT2D eigenvalue weighted by molar-refractivity contribution is 0.0436. The molecular weight excluding hydrogens is 276 g/mol. The predicted octanol–water partition coefficient (Wildman–Crippen LogP) is 3.73. The van der Waals surface area contributed by atoms with Gasteiger partial charge in [-0.05, 0) is 38.4 Å². The smallest absolute Gasteiger partial charge is 0.338 e. The highest BCUT2D eigenvalue weighted by atomic mass is 16.5. The molecule has 0 aromatic heterocycles. The number of hydrogen-bond donors (Lipinski definition) is 1. The van der Waals surface area contributed by atoms with Gasteiger partial charge in [-0.15, -0.1) is 0 Å². The number of benzene rings is 4. The first kappa shape index (κ1) is 13.0. The minimum absolute atomic E-state index is 0.0147. The van der Waals surface area contributed by atoms with Gasteiger partial charge in [-0.25, -0.2) is 4.79 Å². The molecule has 0 amide bonds. The van der Waals surface area contributed by atoms with Crippen LogP contribution in [0.5, 0.6) is 0 Å². The molecule has 0 heterocycles. The second-order valence-corrected chi connectivity index (χ2v) is 5.33. The van der Waals surface area contributed by atoms with E-state index < -0.39 is 5.97 Å². The number of hydrogen-bond acceptors (Lipinski definition) is 3. The van der Waals surface area contributed by atoms with Gasteiger partial charge in [-0.2, -0.15) is 0 Å². The number of rotatable bonds is 3. The van der Waals surface area contributed by atoms with Crippen LogP contribution in [0.1, 0.15) is 10.4 Å². The molecule has 0 aliphatic heterocycles. The molecule has 1 N–H and O–H groups in total. The monoisotopic (exact) mass is 290 g/mol. The molecule has 0 unspecified atom stereocenters. The van der Waals surface area contributed by atoms with Gasteiger partial charge < -0.3 is 9.84 Å². The normalized spacial score (nSPS) is 11.5. The van der Waals surface area contributed by atoms with E-state index in [4.69, 9.17) is 9.84 Å². The van der Waals surface area contributed by atoms with Gasteiger partial charge in [-0.3, -0.25) is 0 Å². The maximum absolute atomic E-state index is 12.2. The molecule has 3 nitrogen and oxygen atoms in total. The van der Waals surface area contributed by atoms with Crippen LogP contribution < -0.4 is 0 Å². The van der Waals surface area contributed by atoms with E-state index in [1.165, 1.54) is 5.39 Å². The summed E-state index contributed by atoms with van der Waals surface area (Å²) in [5, 5.41) is 15.4. The lowest BCUT2D eigenvalue weighted by Gasteiger charge is -2.13. The highest BCUT2D eigenvalue weighted by Crippen LogP contribution is 2.35. The largest absolute Gasteiger partial charge is 0.460 e. The summed E-state index contributed by atoms with van der Waals surface area (Å²) >= 11 is 0. The molecule has 108 valence electrons. The molecule has 4 aromatic rings. The lowest BCUT2D eigenvalue weighted by atomic mass is 9.92. The summed E-state index contributed by atoms with van der Waals surface area (Å²) in [6, 6.07) is 18.1. The van der Waals surface area contributed by atoms with E-state index in [1.807, 2.05) is 24.3 Å². The van der Waals surface area contributed by atoms with Gasteiger partial charge >= 0.3 is 5.97 Å². The van der Waals surface area contributed by atoms with E-state index >= 15 is 0 Å². The summed E-state index contributed by atoms with van der Waals surface area (Å²) in [5.41, 5.74) is 0.541. The van der Waals surface area contributed by atoms with Crippen molar-refractivity contribution in [2.75, 3.05) is 13.2 Å². The Morgan fingerprint density at radius 2 is 1.50 bits per heavy atom. The summed E-state index contributed by atoms with van der Waals surface area (Å²) in [5.74, 6) is -0.396. The minimum Gasteiger partial charge on any atom is -0.460 e. The fourth-order valence-electron chi connectivity index (χ4n) is 3.13. The average Bonchev–Trinajstić information content (AvgIpc) is 2.57. The first-order valence-corrected chi connectivity index (χ1v) is 7.24. The number of carbonyl (C=O) groups is 1. The van der Waals surface area contributed by atoms with E-state index in [0.29, 0.717) is 5.56 Å². The molecule has 22 heavy (non-hydrogen) atoms. The van der Waals surface area contributed by atoms with Crippen LogP contribution in [-0.4, -0.2) is 24.3 Å². The van der Waals surface area contributed by atoms with Gasteiger partial charge in [0, 0.05) is 0 Å². The Labute approximate surface area is 127 Å².